The lowest BCUT2D eigenvalue weighted by atomic mass is 9.78. The maximum atomic E-state index is 9.13. The van der Waals surface area contributed by atoms with Crippen LogP contribution in [0.3, 0.4) is 0 Å². The highest BCUT2D eigenvalue weighted by atomic mass is 35.5. The van der Waals surface area contributed by atoms with Crippen LogP contribution in [0.5, 0.6) is 0 Å². The zero-order chi connectivity index (χ0) is 18.6. The molecule has 0 radical (unpaired) electrons. The molecular weight excluding hydrogens is 372 g/mol. The van der Waals surface area contributed by atoms with Gasteiger partial charge in [-0.3, -0.25) is 0 Å². The van der Waals surface area contributed by atoms with Crippen LogP contribution in [-0.2, 0) is 0 Å². The lowest BCUT2D eigenvalue weighted by Gasteiger charge is -2.28. The molecule has 2 aliphatic rings. The van der Waals surface area contributed by atoms with Crippen LogP contribution in [0.2, 0.25) is 5.02 Å². The van der Waals surface area contributed by atoms with Crippen LogP contribution in [-0.4, -0.2) is 11.7 Å². The van der Waals surface area contributed by atoms with Gasteiger partial charge in [-0.2, -0.15) is 0 Å². The van der Waals surface area contributed by atoms with E-state index in [9.17, 15) is 0 Å². The van der Waals surface area contributed by atoms with Crippen molar-refractivity contribution in [2.75, 3.05) is 6.61 Å². The summed E-state index contributed by atoms with van der Waals surface area (Å²) in [5, 5.41) is 9.94. The molecule has 0 atom stereocenters. The van der Waals surface area contributed by atoms with Crippen molar-refractivity contribution in [1.29, 1.82) is 0 Å². The summed E-state index contributed by atoms with van der Waals surface area (Å²) >= 11 is 8.15. The van der Waals surface area contributed by atoms with Crippen LogP contribution in [0.15, 0.2) is 58.3 Å². The summed E-state index contributed by atoms with van der Waals surface area (Å²) in [5.41, 5.74) is 3.96. The number of aliphatic hydroxyl groups excluding tert-OH is 1. The Bertz CT molecular complexity index is 821. The second-order valence-electron chi connectivity index (χ2n) is 7.83. The Labute approximate surface area is 171 Å². The van der Waals surface area contributed by atoms with Gasteiger partial charge < -0.3 is 5.11 Å². The van der Waals surface area contributed by atoms with Gasteiger partial charge in [0, 0.05) is 21.4 Å². The molecule has 27 heavy (non-hydrogen) atoms. The van der Waals surface area contributed by atoms with Crippen LogP contribution in [0, 0.1) is 11.8 Å². The van der Waals surface area contributed by atoms with E-state index in [1.165, 1.54) is 58.6 Å². The number of hydrogen-bond acceptors (Lipinski definition) is 2. The molecule has 1 heterocycles. The number of halogens is 1. The summed E-state index contributed by atoms with van der Waals surface area (Å²) < 4.78 is 0. The molecule has 0 amide bonds. The number of aliphatic hydroxyl groups is 1. The summed E-state index contributed by atoms with van der Waals surface area (Å²) in [6.45, 7) is 0.348. The molecule has 142 valence electrons. The maximum Gasteiger partial charge on any atom is 0.0433 e. The van der Waals surface area contributed by atoms with Crippen molar-refractivity contribution in [3.05, 3.63) is 64.7 Å². The van der Waals surface area contributed by atoms with Crippen molar-refractivity contribution in [1.82, 2.24) is 0 Å². The van der Waals surface area contributed by atoms with Gasteiger partial charge in [-0.1, -0.05) is 73.3 Å². The van der Waals surface area contributed by atoms with Crippen LogP contribution in [0.4, 0.5) is 0 Å². The maximum absolute atomic E-state index is 9.13. The molecule has 0 spiro atoms. The van der Waals surface area contributed by atoms with E-state index < -0.39 is 0 Å². The molecule has 0 bridgehead atoms. The molecule has 1 fully saturated rings. The number of hydrogen-bond donors (Lipinski definition) is 1. The van der Waals surface area contributed by atoms with Crippen LogP contribution >= 0.6 is 23.4 Å². The first-order valence-electron chi connectivity index (χ1n) is 10.1. The highest BCUT2D eigenvalue weighted by Crippen LogP contribution is 2.46. The predicted molar refractivity (Wildman–Crippen MR) is 115 cm³/mol. The molecule has 4 rings (SSSR count). The van der Waals surface area contributed by atoms with Crippen LogP contribution < -0.4 is 0 Å². The van der Waals surface area contributed by atoms with Crippen molar-refractivity contribution in [2.24, 2.45) is 11.8 Å². The summed E-state index contributed by atoms with van der Waals surface area (Å²) in [7, 11) is 0. The number of fused-ring (bicyclic) bond motifs is 2. The van der Waals surface area contributed by atoms with Crippen LogP contribution in [0.1, 0.15) is 56.1 Å². The highest BCUT2D eigenvalue weighted by Gasteiger charge is 2.22. The first kappa shape index (κ1) is 19.1. The van der Waals surface area contributed by atoms with Crippen molar-refractivity contribution in [3.63, 3.8) is 0 Å². The third-order valence-corrected chi connectivity index (χ3v) is 7.44. The zero-order valence-corrected chi connectivity index (χ0v) is 17.2. The van der Waals surface area contributed by atoms with Gasteiger partial charge in [-0.15, -0.1) is 0 Å². The number of rotatable bonds is 5. The van der Waals surface area contributed by atoms with E-state index in [1.807, 2.05) is 17.8 Å². The van der Waals surface area contributed by atoms with Gasteiger partial charge in [-0.05, 0) is 72.1 Å². The second kappa shape index (κ2) is 8.86. The van der Waals surface area contributed by atoms with E-state index >= 15 is 0 Å². The average Bonchev–Trinajstić information content (AvgIpc) is 2.69. The highest BCUT2D eigenvalue weighted by molar-refractivity contribution is 7.99. The smallest absolute Gasteiger partial charge is 0.0433 e. The van der Waals surface area contributed by atoms with E-state index in [2.05, 4.69) is 42.5 Å². The Kier molecular flexibility index (Phi) is 6.27. The first-order valence-corrected chi connectivity index (χ1v) is 11.3. The fourth-order valence-electron chi connectivity index (χ4n) is 4.52. The fraction of sp³-hybridized carbons (Fsp3) is 0.417. The molecule has 2 aromatic rings. The SMILES string of the molecule is OCCC1CCC(CC/C=C2\c3ccccc3Sc3ccc(Cl)cc32)CC1. The lowest BCUT2D eigenvalue weighted by Crippen LogP contribution is -2.15. The molecule has 0 saturated heterocycles. The van der Waals surface area contributed by atoms with E-state index in [-0.39, 0.29) is 0 Å². The van der Waals surface area contributed by atoms with Gasteiger partial charge in [0.25, 0.3) is 0 Å². The minimum absolute atomic E-state index is 0.348. The van der Waals surface area contributed by atoms with Crippen LogP contribution in [0.25, 0.3) is 5.57 Å². The zero-order valence-electron chi connectivity index (χ0n) is 15.7. The Hall–Kier alpha value is -1.22. The van der Waals surface area contributed by atoms with Crippen molar-refractivity contribution in [3.8, 4) is 0 Å². The minimum Gasteiger partial charge on any atom is -0.396 e. The molecule has 1 saturated carbocycles. The Balaban J connectivity index is 1.49. The summed E-state index contributed by atoms with van der Waals surface area (Å²) in [5.74, 6) is 1.59. The molecule has 0 aromatic heterocycles. The number of allylic oxidation sites excluding steroid dienone is 1. The van der Waals surface area contributed by atoms with Gasteiger partial charge >= 0.3 is 0 Å². The van der Waals surface area contributed by atoms with Gasteiger partial charge in [-0.25, -0.2) is 0 Å². The average molecular weight is 399 g/mol. The standard InChI is InChI=1S/C24H27ClOS/c25-19-12-13-24-22(16-19)20(21-5-1-2-7-23(21)27-24)6-3-4-17-8-10-18(11-9-17)14-15-26/h1-2,5-7,12-13,16-18,26H,3-4,8-11,14-15H2/b20-6+. The molecule has 1 aliphatic carbocycles. The largest absolute Gasteiger partial charge is 0.396 e. The Morgan fingerprint density at radius 3 is 2.41 bits per heavy atom. The molecule has 2 aromatic carbocycles. The van der Waals surface area contributed by atoms with Gasteiger partial charge in [0.15, 0.2) is 0 Å². The molecule has 1 N–H and O–H groups in total. The number of benzene rings is 2. The van der Waals surface area contributed by atoms with Gasteiger partial charge in [0.05, 0.1) is 0 Å². The van der Waals surface area contributed by atoms with Crippen molar-refractivity contribution < 1.29 is 5.11 Å². The predicted octanol–water partition coefficient (Wildman–Crippen LogP) is 7.21. The molecule has 1 nitrogen and oxygen atoms in total. The molecule has 3 heteroatoms. The molecule has 0 unspecified atom stereocenters. The minimum atomic E-state index is 0.348. The summed E-state index contributed by atoms with van der Waals surface area (Å²) in [6.07, 6.45) is 11.0. The third kappa shape index (κ3) is 4.45. The Morgan fingerprint density at radius 1 is 0.926 bits per heavy atom. The summed E-state index contributed by atoms with van der Waals surface area (Å²) in [6, 6.07) is 15.0. The van der Waals surface area contributed by atoms with Crippen molar-refractivity contribution in [2.45, 2.75) is 54.7 Å². The van der Waals surface area contributed by atoms with Gasteiger partial charge in [0.1, 0.15) is 0 Å². The quantitative estimate of drug-likeness (QED) is 0.490. The Morgan fingerprint density at radius 2 is 1.63 bits per heavy atom. The second-order valence-corrected chi connectivity index (χ2v) is 9.35. The normalized spacial score (nSPS) is 23.1. The van der Waals surface area contributed by atoms with E-state index in [4.69, 9.17) is 16.7 Å². The van der Waals surface area contributed by atoms with Crippen molar-refractivity contribution >= 4 is 28.9 Å². The molecule has 1 aliphatic heterocycles. The topological polar surface area (TPSA) is 20.2 Å². The van der Waals surface area contributed by atoms with E-state index in [1.54, 1.807) is 0 Å². The van der Waals surface area contributed by atoms with E-state index in [0.29, 0.717) is 6.61 Å². The monoisotopic (exact) mass is 398 g/mol. The first-order chi connectivity index (χ1) is 13.2. The molecular formula is C24H27ClOS. The third-order valence-electron chi connectivity index (χ3n) is 6.06. The van der Waals surface area contributed by atoms with E-state index in [0.717, 1.165) is 29.7 Å². The van der Waals surface area contributed by atoms with Gasteiger partial charge in [0.2, 0.25) is 0 Å². The lowest BCUT2D eigenvalue weighted by molar-refractivity contribution is 0.202. The summed E-state index contributed by atoms with van der Waals surface area (Å²) in [4.78, 5) is 2.64. The fourth-order valence-corrected chi connectivity index (χ4v) is 5.78.